The fourth-order valence-corrected chi connectivity index (χ4v) is 2.31. The first-order valence-electron chi connectivity index (χ1n) is 5.84. The molecule has 0 aliphatic carbocycles. The molecule has 3 unspecified atom stereocenters. The van der Waals surface area contributed by atoms with Crippen LogP contribution < -0.4 is 5.73 Å². The summed E-state index contributed by atoms with van der Waals surface area (Å²) in [6.45, 7) is 4.31. The van der Waals surface area contributed by atoms with Gasteiger partial charge < -0.3 is 15.4 Å². The molecule has 2 N–H and O–H groups in total. The highest BCUT2D eigenvalue weighted by Gasteiger charge is 2.34. The average Bonchev–Trinajstić information content (AvgIpc) is 2.59. The first-order valence-corrected chi connectivity index (χ1v) is 5.84. The third-order valence-corrected chi connectivity index (χ3v) is 3.44. The van der Waals surface area contributed by atoms with E-state index < -0.39 is 0 Å². The number of carbonyl (C=O) groups is 1. The molecule has 15 heavy (non-hydrogen) atoms. The van der Waals surface area contributed by atoms with Crippen LogP contribution in [0.25, 0.3) is 0 Å². The molecule has 0 bridgehead atoms. The number of nitrogens with zero attached hydrogens (tertiary/aromatic N) is 1. The zero-order chi connectivity index (χ0) is 10.8. The van der Waals surface area contributed by atoms with Gasteiger partial charge in [0, 0.05) is 25.7 Å². The summed E-state index contributed by atoms with van der Waals surface area (Å²) in [5.41, 5.74) is 5.90. The van der Waals surface area contributed by atoms with E-state index >= 15 is 0 Å². The molecule has 86 valence electrons. The molecule has 0 saturated carbocycles. The van der Waals surface area contributed by atoms with Crippen LogP contribution in [0.1, 0.15) is 26.2 Å². The van der Waals surface area contributed by atoms with E-state index in [0.29, 0.717) is 12.5 Å². The van der Waals surface area contributed by atoms with E-state index in [1.807, 2.05) is 4.90 Å². The van der Waals surface area contributed by atoms with Gasteiger partial charge in [-0.15, -0.1) is 0 Å². The van der Waals surface area contributed by atoms with Gasteiger partial charge in [0.1, 0.15) is 6.10 Å². The Balaban J connectivity index is 1.90. The van der Waals surface area contributed by atoms with E-state index in [1.165, 1.54) is 0 Å². The summed E-state index contributed by atoms with van der Waals surface area (Å²) in [4.78, 5) is 13.9. The molecular weight excluding hydrogens is 192 g/mol. The number of likely N-dealkylation sites (tertiary alicyclic amines) is 1. The first-order chi connectivity index (χ1) is 7.18. The van der Waals surface area contributed by atoms with Crippen LogP contribution in [-0.2, 0) is 9.53 Å². The van der Waals surface area contributed by atoms with Gasteiger partial charge in [-0.3, -0.25) is 4.79 Å². The summed E-state index contributed by atoms with van der Waals surface area (Å²) in [5, 5.41) is 0. The Bertz CT molecular complexity index is 229. The van der Waals surface area contributed by atoms with E-state index in [2.05, 4.69) is 6.92 Å². The van der Waals surface area contributed by atoms with Crippen molar-refractivity contribution in [3.05, 3.63) is 0 Å². The Morgan fingerprint density at radius 2 is 2.20 bits per heavy atom. The molecule has 4 nitrogen and oxygen atoms in total. The van der Waals surface area contributed by atoms with Gasteiger partial charge in [-0.05, 0) is 25.2 Å². The Hall–Kier alpha value is -0.610. The molecule has 0 spiro atoms. The van der Waals surface area contributed by atoms with E-state index in [-0.39, 0.29) is 18.1 Å². The highest BCUT2D eigenvalue weighted by atomic mass is 16.5. The SMILES string of the molecule is CC1CN(C(=O)C2CCCCO2)CC1N. The molecule has 0 aromatic rings. The topological polar surface area (TPSA) is 55.6 Å². The number of hydrogen-bond donors (Lipinski definition) is 1. The Morgan fingerprint density at radius 3 is 2.73 bits per heavy atom. The number of amides is 1. The van der Waals surface area contributed by atoms with Gasteiger partial charge in [0.15, 0.2) is 0 Å². The van der Waals surface area contributed by atoms with Crippen molar-refractivity contribution in [2.45, 2.75) is 38.3 Å². The van der Waals surface area contributed by atoms with Crippen molar-refractivity contribution in [1.82, 2.24) is 4.90 Å². The fourth-order valence-electron chi connectivity index (χ4n) is 2.31. The smallest absolute Gasteiger partial charge is 0.251 e. The summed E-state index contributed by atoms with van der Waals surface area (Å²) >= 11 is 0. The van der Waals surface area contributed by atoms with E-state index in [9.17, 15) is 4.79 Å². The number of carbonyl (C=O) groups excluding carboxylic acids is 1. The van der Waals surface area contributed by atoms with Gasteiger partial charge in [0.25, 0.3) is 5.91 Å². The predicted octanol–water partition coefficient (Wildman–Crippen LogP) is 0.361. The molecule has 4 heteroatoms. The van der Waals surface area contributed by atoms with Crippen LogP contribution in [0.5, 0.6) is 0 Å². The second-order valence-corrected chi connectivity index (χ2v) is 4.74. The summed E-state index contributed by atoms with van der Waals surface area (Å²) < 4.78 is 5.49. The molecule has 2 saturated heterocycles. The van der Waals surface area contributed by atoms with Crippen molar-refractivity contribution in [3.8, 4) is 0 Å². The fraction of sp³-hybridized carbons (Fsp3) is 0.909. The summed E-state index contributed by atoms with van der Waals surface area (Å²) in [7, 11) is 0. The van der Waals surface area contributed by atoms with Gasteiger partial charge >= 0.3 is 0 Å². The molecule has 0 aromatic carbocycles. The van der Waals surface area contributed by atoms with Crippen LogP contribution in [0.3, 0.4) is 0 Å². The maximum Gasteiger partial charge on any atom is 0.251 e. The van der Waals surface area contributed by atoms with Crippen molar-refractivity contribution in [3.63, 3.8) is 0 Å². The van der Waals surface area contributed by atoms with Crippen molar-refractivity contribution in [1.29, 1.82) is 0 Å². The first kappa shape index (κ1) is 10.9. The lowest BCUT2D eigenvalue weighted by Gasteiger charge is -2.26. The van der Waals surface area contributed by atoms with Crippen LogP contribution in [0.4, 0.5) is 0 Å². The van der Waals surface area contributed by atoms with Crippen molar-refractivity contribution in [2.75, 3.05) is 19.7 Å². The second kappa shape index (κ2) is 4.49. The Labute approximate surface area is 90.8 Å². The summed E-state index contributed by atoms with van der Waals surface area (Å²) in [6, 6.07) is 0.137. The maximum absolute atomic E-state index is 12.0. The molecule has 3 atom stereocenters. The lowest BCUT2D eigenvalue weighted by Crippen LogP contribution is -2.41. The zero-order valence-electron chi connectivity index (χ0n) is 9.32. The molecule has 2 aliphatic heterocycles. The van der Waals surface area contributed by atoms with Crippen molar-refractivity contribution in [2.24, 2.45) is 11.7 Å². The van der Waals surface area contributed by atoms with Crippen LogP contribution in [0.2, 0.25) is 0 Å². The van der Waals surface area contributed by atoms with Crippen LogP contribution in [0, 0.1) is 5.92 Å². The number of ether oxygens (including phenoxy) is 1. The number of hydrogen-bond acceptors (Lipinski definition) is 3. The van der Waals surface area contributed by atoms with Crippen LogP contribution >= 0.6 is 0 Å². The van der Waals surface area contributed by atoms with E-state index in [1.54, 1.807) is 0 Å². The minimum Gasteiger partial charge on any atom is -0.368 e. The third-order valence-electron chi connectivity index (χ3n) is 3.44. The van der Waals surface area contributed by atoms with Gasteiger partial charge in [-0.1, -0.05) is 6.92 Å². The minimum absolute atomic E-state index is 0.137. The van der Waals surface area contributed by atoms with Crippen molar-refractivity contribution < 1.29 is 9.53 Å². The quantitative estimate of drug-likeness (QED) is 0.683. The molecule has 2 fully saturated rings. The average molecular weight is 212 g/mol. The molecule has 0 aromatic heterocycles. The summed E-state index contributed by atoms with van der Waals surface area (Å²) in [5.74, 6) is 0.562. The minimum atomic E-state index is -0.198. The Kier molecular flexibility index (Phi) is 3.26. The predicted molar refractivity (Wildman–Crippen MR) is 57.3 cm³/mol. The van der Waals surface area contributed by atoms with E-state index in [4.69, 9.17) is 10.5 Å². The van der Waals surface area contributed by atoms with Gasteiger partial charge in [0.05, 0.1) is 0 Å². The monoisotopic (exact) mass is 212 g/mol. The standard InChI is InChI=1S/C11H20N2O2/c1-8-6-13(7-9(8)12)11(14)10-4-2-3-5-15-10/h8-10H,2-7,12H2,1H3. The third kappa shape index (κ3) is 2.32. The molecule has 0 radical (unpaired) electrons. The molecule has 2 heterocycles. The number of rotatable bonds is 1. The largest absolute Gasteiger partial charge is 0.368 e. The Morgan fingerprint density at radius 1 is 1.40 bits per heavy atom. The molecular formula is C11H20N2O2. The number of nitrogens with two attached hydrogens (primary N) is 1. The molecule has 1 amide bonds. The summed E-state index contributed by atoms with van der Waals surface area (Å²) in [6.07, 6.45) is 2.86. The van der Waals surface area contributed by atoms with Crippen LogP contribution in [0.15, 0.2) is 0 Å². The molecule has 2 aliphatic rings. The normalized spacial score (nSPS) is 36.9. The van der Waals surface area contributed by atoms with Gasteiger partial charge in [0.2, 0.25) is 0 Å². The lowest BCUT2D eigenvalue weighted by atomic mass is 10.1. The van der Waals surface area contributed by atoms with Crippen LogP contribution in [-0.4, -0.2) is 42.6 Å². The maximum atomic E-state index is 12.0. The highest BCUT2D eigenvalue weighted by Crippen LogP contribution is 2.20. The second-order valence-electron chi connectivity index (χ2n) is 4.74. The highest BCUT2D eigenvalue weighted by molar-refractivity contribution is 5.81. The zero-order valence-corrected chi connectivity index (χ0v) is 9.32. The van der Waals surface area contributed by atoms with Gasteiger partial charge in [-0.25, -0.2) is 0 Å². The van der Waals surface area contributed by atoms with E-state index in [0.717, 1.165) is 32.4 Å². The van der Waals surface area contributed by atoms with Crippen molar-refractivity contribution >= 4 is 5.91 Å². The molecule has 2 rings (SSSR count). The van der Waals surface area contributed by atoms with Gasteiger partial charge in [-0.2, -0.15) is 0 Å². The lowest BCUT2D eigenvalue weighted by molar-refractivity contribution is -0.145.